The Balaban J connectivity index is 1.24. The van der Waals surface area contributed by atoms with Crippen molar-refractivity contribution in [3.8, 4) is 16.9 Å². The van der Waals surface area contributed by atoms with Crippen LogP contribution in [0.15, 0.2) is 115 Å². The number of carbonyl (C=O) groups excluding carboxylic acids is 5. The van der Waals surface area contributed by atoms with Crippen molar-refractivity contribution in [2.75, 3.05) is 20.3 Å². The second-order valence-corrected chi connectivity index (χ2v) is 18.6. The quantitative estimate of drug-likeness (QED) is 0.0469. The van der Waals surface area contributed by atoms with E-state index in [1.807, 2.05) is 112 Å². The Morgan fingerprint density at radius 2 is 1.45 bits per heavy atom. The number of halogens is 1. The molecule has 2 N–H and O–H groups in total. The Bertz CT molecular complexity index is 2350. The van der Waals surface area contributed by atoms with E-state index in [1.165, 1.54) is 13.2 Å². The smallest absolute Gasteiger partial charge is 0.407 e. The monoisotopic (exact) mass is 934 g/mol. The van der Waals surface area contributed by atoms with Gasteiger partial charge in [-0.15, -0.1) is 0 Å². The fourth-order valence-corrected chi connectivity index (χ4v) is 7.86. The van der Waals surface area contributed by atoms with Gasteiger partial charge in [0.15, 0.2) is 6.10 Å². The molecular formula is C54H63ClN2O10. The highest BCUT2D eigenvalue weighted by molar-refractivity contribution is 6.32. The molecule has 0 bridgehead atoms. The maximum absolute atomic E-state index is 13.9. The summed E-state index contributed by atoms with van der Waals surface area (Å²) in [4.78, 5) is 67.3. The molecule has 0 radical (unpaired) electrons. The standard InChI is InChI=1S/C54H63ClN2O10/c1-34(2)29-48(52(61)65-46(23-16-24-49(58)67-54(5,6)7)35(3)25-26-37-17-10-9-11-18-37)66-51(60)36(4)32-56-50(59)45(31-38-27-28-47(63-8)44(55)30-38)57-53(62)64-33-43-41-21-14-12-19-39(41)40-20-13-15-22-42(40)43/h9-22,24-28,30,34-36,43,45-46,48H,23,29,31-33H2,1-8H3,(H,56,59)(H,57,62)/b24-16+,26-25+/t35-,36-,45-,46+,48+/m1/s1. The number of alkyl carbamates (subject to hydrolysis) is 1. The zero-order valence-electron chi connectivity index (χ0n) is 39.6. The average molecular weight is 936 g/mol. The largest absolute Gasteiger partial charge is 0.495 e. The topological polar surface area (TPSA) is 156 Å². The molecule has 5 atom stereocenters. The summed E-state index contributed by atoms with van der Waals surface area (Å²) in [5.74, 6) is -3.59. The van der Waals surface area contributed by atoms with Gasteiger partial charge in [0, 0.05) is 37.3 Å². The van der Waals surface area contributed by atoms with E-state index in [-0.39, 0.29) is 50.2 Å². The molecule has 5 rings (SSSR count). The van der Waals surface area contributed by atoms with Crippen LogP contribution >= 0.6 is 11.6 Å². The zero-order chi connectivity index (χ0) is 48.7. The van der Waals surface area contributed by atoms with Crippen LogP contribution in [0.5, 0.6) is 5.75 Å². The van der Waals surface area contributed by atoms with Gasteiger partial charge in [-0.25, -0.2) is 14.4 Å². The second-order valence-electron chi connectivity index (χ2n) is 18.2. The number of benzene rings is 4. The fraction of sp³-hybridized carbons (Fsp3) is 0.389. The number of hydrogen-bond donors (Lipinski definition) is 2. The maximum Gasteiger partial charge on any atom is 0.407 e. The Kier molecular flexibility index (Phi) is 18.8. The van der Waals surface area contributed by atoms with E-state index >= 15 is 0 Å². The second kappa shape index (κ2) is 24.4. The molecule has 13 heteroatoms. The lowest BCUT2D eigenvalue weighted by Crippen LogP contribution is -2.49. The van der Waals surface area contributed by atoms with Crippen LogP contribution in [-0.2, 0) is 44.5 Å². The molecule has 0 saturated carbocycles. The van der Waals surface area contributed by atoms with Gasteiger partial charge < -0.3 is 34.3 Å². The van der Waals surface area contributed by atoms with E-state index in [0.29, 0.717) is 16.3 Å². The number of amides is 2. The molecule has 67 heavy (non-hydrogen) atoms. The van der Waals surface area contributed by atoms with Crippen LogP contribution in [-0.4, -0.2) is 74.0 Å². The lowest BCUT2D eigenvalue weighted by Gasteiger charge is -2.26. The number of methoxy groups -OCH3 is 1. The Hall–Kier alpha value is -6.40. The van der Waals surface area contributed by atoms with Gasteiger partial charge in [-0.2, -0.15) is 0 Å². The van der Waals surface area contributed by atoms with Crippen molar-refractivity contribution < 1.29 is 47.7 Å². The number of ether oxygens (including phenoxy) is 5. The van der Waals surface area contributed by atoms with Gasteiger partial charge in [0.05, 0.1) is 18.1 Å². The zero-order valence-corrected chi connectivity index (χ0v) is 40.3. The molecule has 0 unspecified atom stereocenters. The lowest BCUT2D eigenvalue weighted by molar-refractivity contribution is -0.175. The molecule has 4 aromatic rings. The Morgan fingerprint density at radius 1 is 0.806 bits per heavy atom. The third-order valence-corrected chi connectivity index (χ3v) is 11.4. The molecule has 0 spiro atoms. The van der Waals surface area contributed by atoms with Crippen LogP contribution in [0.3, 0.4) is 0 Å². The van der Waals surface area contributed by atoms with Gasteiger partial charge in [0.25, 0.3) is 0 Å². The van der Waals surface area contributed by atoms with Crippen LogP contribution in [0, 0.1) is 17.8 Å². The third-order valence-electron chi connectivity index (χ3n) is 11.1. The molecule has 0 fully saturated rings. The molecule has 0 aromatic heterocycles. The van der Waals surface area contributed by atoms with Crippen LogP contribution in [0.25, 0.3) is 17.2 Å². The van der Waals surface area contributed by atoms with Crippen LogP contribution < -0.4 is 15.4 Å². The molecule has 0 heterocycles. The fourth-order valence-electron chi connectivity index (χ4n) is 7.58. The predicted octanol–water partition coefficient (Wildman–Crippen LogP) is 10.1. The van der Waals surface area contributed by atoms with Crippen molar-refractivity contribution in [3.05, 3.63) is 143 Å². The molecule has 12 nitrogen and oxygen atoms in total. The molecule has 0 saturated heterocycles. The minimum atomic E-state index is -1.25. The summed E-state index contributed by atoms with van der Waals surface area (Å²) in [5, 5.41) is 5.83. The first-order valence-corrected chi connectivity index (χ1v) is 23.1. The summed E-state index contributed by atoms with van der Waals surface area (Å²) in [6, 6.07) is 29.5. The van der Waals surface area contributed by atoms with Gasteiger partial charge in [-0.1, -0.05) is 142 Å². The van der Waals surface area contributed by atoms with Crippen molar-refractivity contribution in [1.82, 2.24) is 10.6 Å². The van der Waals surface area contributed by atoms with E-state index < -0.39 is 59.7 Å². The first-order valence-electron chi connectivity index (χ1n) is 22.7. The van der Waals surface area contributed by atoms with E-state index in [4.69, 9.17) is 35.3 Å². The van der Waals surface area contributed by atoms with Crippen molar-refractivity contribution in [3.63, 3.8) is 0 Å². The number of carbonyl (C=O) groups is 5. The summed E-state index contributed by atoms with van der Waals surface area (Å²) >= 11 is 6.42. The van der Waals surface area contributed by atoms with Crippen LogP contribution in [0.2, 0.25) is 5.02 Å². The van der Waals surface area contributed by atoms with E-state index in [0.717, 1.165) is 27.8 Å². The molecule has 1 aliphatic rings. The Labute approximate surface area is 399 Å². The van der Waals surface area contributed by atoms with Crippen molar-refractivity contribution >= 4 is 47.6 Å². The summed E-state index contributed by atoms with van der Waals surface area (Å²) < 4.78 is 28.3. The van der Waals surface area contributed by atoms with Gasteiger partial charge in [-0.3, -0.25) is 9.59 Å². The summed E-state index contributed by atoms with van der Waals surface area (Å²) in [5.41, 5.74) is 5.16. The van der Waals surface area contributed by atoms with Gasteiger partial charge in [0.2, 0.25) is 5.91 Å². The SMILES string of the molecule is COc1ccc(C[C@@H](NC(=O)OCC2c3ccccc3-c3ccccc32)C(=O)NC[C@@H](C)C(=O)O[C@@H](CC(C)C)C(=O)O[C@@H](C/C=C/C(=O)OC(C)(C)C)[C@H](C)/C=C/c2ccccc2)cc1Cl. The highest BCUT2D eigenvalue weighted by atomic mass is 35.5. The van der Waals surface area contributed by atoms with Crippen molar-refractivity contribution in [2.45, 2.75) is 97.5 Å². The number of esters is 3. The average Bonchev–Trinajstić information content (AvgIpc) is 3.61. The number of rotatable bonds is 21. The van der Waals surface area contributed by atoms with Gasteiger partial charge >= 0.3 is 24.0 Å². The number of nitrogens with one attached hydrogen (secondary N) is 2. The Morgan fingerprint density at radius 3 is 2.06 bits per heavy atom. The minimum Gasteiger partial charge on any atom is -0.495 e. The van der Waals surface area contributed by atoms with E-state index in [2.05, 4.69) is 10.6 Å². The summed E-state index contributed by atoms with van der Waals surface area (Å²) in [7, 11) is 1.49. The normalized spacial score (nSPS) is 14.6. The molecule has 356 valence electrons. The van der Waals surface area contributed by atoms with Gasteiger partial charge in [-0.05, 0) is 78.6 Å². The summed E-state index contributed by atoms with van der Waals surface area (Å²) in [6.45, 7) is 12.4. The third kappa shape index (κ3) is 15.6. The van der Waals surface area contributed by atoms with E-state index in [9.17, 15) is 24.0 Å². The molecular weight excluding hydrogens is 872 g/mol. The maximum atomic E-state index is 13.9. The highest BCUT2D eigenvalue weighted by Crippen LogP contribution is 2.44. The molecule has 4 aromatic carbocycles. The number of hydrogen-bond acceptors (Lipinski definition) is 10. The first kappa shape index (κ1) is 51.6. The summed E-state index contributed by atoms with van der Waals surface area (Å²) in [6.07, 6.45) is 4.38. The minimum absolute atomic E-state index is 0.0357. The van der Waals surface area contributed by atoms with Crippen LogP contribution in [0.1, 0.15) is 89.5 Å². The number of fused-ring (bicyclic) bond motifs is 3. The molecule has 1 aliphatic carbocycles. The first-order chi connectivity index (χ1) is 31.9. The van der Waals surface area contributed by atoms with Crippen molar-refractivity contribution in [1.29, 1.82) is 0 Å². The van der Waals surface area contributed by atoms with Gasteiger partial charge in [0.1, 0.15) is 30.1 Å². The molecule has 2 amide bonds. The lowest BCUT2D eigenvalue weighted by atomic mass is 9.98. The van der Waals surface area contributed by atoms with Crippen molar-refractivity contribution in [2.24, 2.45) is 17.8 Å². The highest BCUT2D eigenvalue weighted by Gasteiger charge is 2.33. The predicted molar refractivity (Wildman–Crippen MR) is 259 cm³/mol. The molecule has 0 aliphatic heterocycles. The van der Waals surface area contributed by atoms with Crippen LogP contribution in [0.4, 0.5) is 4.79 Å². The van der Waals surface area contributed by atoms with E-state index in [1.54, 1.807) is 52.0 Å².